The Bertz CT molecular complexity index is 183. The molecule has 0 radical (unpaired) electrons. The topological polar surface area (TPSA) is 15.3 Å². The Balaban J connectivity index is 2.16. The largest absolute Gasteiger partial charge is 0.313 e. The summed E-state index contributed by atoms with van der Waals surface area (Å²) in [6.45, 7) is 14.1. The summed E-state index contributed by atoms with van der Waals surface area (Å²) in [5, 5.41) is 3.76. The van der Waals surface area contributed by atoms with Gasteiger partial charge in [0.05, 0.1) is 0 Å². The highest BCUT2D eigenvalue weighted by molar-refractivity contribution is 4.79. The van der Waals surface area contributed by atoms with Crippen LogP contribution in [0, 0.1) is 11.8 Å². The van der Waals surface area contributed by atoms with Crippen molar-refractivity contribution in [3.63, 3.8) is 0 Å². The molecule has 2 heteroatoms. The van der Waals surface area contributed by atoms with Crippen molar-refractivity contribution in [1.29, 1.82) is 0 Å². The summed E-state index contributed by atoms with van der Waals surface area (Å²) in [7, 11) is 0. The summed E-state index contributed by atoms with van der Waals surface area (Å²) in [6.07, 6.45) is 5.45. The first kappa shape index (κ1) is 15.0. The average molecular weight is 240 g/mol. The third kappa shape index (κ3) is 5.87. The monoisotopic (exact) mass is 240 g/mol. The van der Waals surface area contributed by atoms with E-state index in [-0.39, 0.29) is 0 Å². The van der Waals surface area contributed by atoms with E-state index in [0.717, 1.165) is 24.4 Å². The predicted molar refractivity (Wildman–Crippen MR) is 76.4 cm³/mol. The molecule has 0 aromatic carbocycles. The molecule has 1 saturated carbocycles. The van der Waals surface area contributed by atoms with Crippen molar-refractivity contribution in [3.8, 4) is 0 Å². The van der Waals surface area contributed by atoms with Gasteiger partial charge in [-0.15, -0.1) is 0 Å². The van der Waals surface area contributed by atoms with Crippen LogP contribution in [0.2, 0.25) is 0 Å². The first-order valence-corrected chi connectivity index (χ1v) is 7.61. The van der Waals surface area contributed by atoms with E-state index in [1.165, 1.54) is 45.3 Å². The fraction of sp³-hybridized carbons (Fsp3) is 1.00. The van der Waals surface area contributed by atoms with Crippen LogP contribution in [-0.2, 0) is 0 Å². The summed E-state index contributed by atoms with van der Waals surface area (Å²) in [4.78, 5) is 2.54. The molecule has 1 rings (SSSR count). The number of nitrogens with one attached hydrogen (secondary N) is 1. The lowest BCUT2D eigenvalue weighted by Gasteiger charge is -2.32. The highest BCUT2D eigenvalue weighted by Crippen LogP contribution is 2.28. The Hall–Kier alpha value is -0.0800. The molecule has 1 N–H and O–H groups in total. The van der Waals surface area contributed by atoms with Gasteiger partial charge in [-0.2, -0.15) is 0 Å². The SMILES string of the molecule is CCCN(CC)CCNC1CC(C)CC(C)C1. The van der Waals surface area contributed by atoms with Crippen LogP contribution in [0.3, 0.4) is 0 Å². The van der Waals surface area contributed by atoms with Crippen LogP contribution >= 0.6 is 0 Å². The van der Waals surface area contributed by atoms with E-state index in [1.54, 1.807) is 0 Å². The van der Waals surface area contributed by atoms with Crippen molar-refractivity contribution >= 4 is 0 Å². The lowest BCUT2D eigenvalue weighted by Crippen LogP contribution is -2.41. The molecule has 0 heterocycles. The Morgan fingerprint density at radius 2 is 1.65 bits per heavy atom. The second kappa shape index (κ2) is 8.10. The molecule has 2 nitrogen and oxygen atoms in total. The normalized spacial score (nSPS) is 29.8. The minimum Gasteiger partial charge on any atom is -0.313 e. The quantitative estimate of drug-likeness (QED) is 0.735. The minimum atomic E-state index is 0.772. The second-order valence-electron chi connectivity index (χ2n) is 6.00. The first-order valence-electron chi connectivity index (χ1n) is 7.61. The average Bonchev–Trinajstić information content (AvgIpc) is 2.26. The van der Waals surface area contributed by atoms with Gasteiger partial charge in [0.1, 0.15) is 0 Å². The van der Waals surface area contributed by atoms with Crippen LogP contribution < -0.4 is 5.32 Å². The fourth-order valence-electron chi connectivity index (χ4n) is 3.28. The Labute approximate surface area is 108 Å². The van der Waals surface area contributed by atoms with Gasteiger partial charge in [0.15, 0.2) is 0 Å². The molecule has 0 spiro atoms. The lowest BCUT2D eigenvalue weighted by molar-refractivity contribution is 0.225. The molecule has 2 atom stereocenters. The molecule has 0 aliphatic heterocycles. The Morgan fingerprint density at radius 1 is 1.00 bits per heavy atom. The van der Waals surface area contributed by atoms with E-state index in [4.69, 9.17) is 0 Å². The summed E-state index contributed by atoms with van der Waals surface area (Å²) >= 11 is 0. The van der Waals surface area contributed by atoms with Crippen molar-refractivity contribution < 1.29 is 0 Å². The molecule has 1 aliphatic carbocycles. The maximum absolute atomic E-state index is 3.76. The molecular formula is C15H32N2. The van der Waals surface area contributed by atoms with Crippen molar-refractivity contribution in [3.05, 3.63) is 0 Å². The van der Waals surface area contributed by atoms with E-state index >= 15 is 0 Å². The maximum Gasteiger partial charge on any atom is 0.0107 e. The van der Waals surface area contributed by atoms with Crippen LogP contribution in [-0.4, -0.2) is 37.1 Å². The van der Waals surface area contributed by atoms with E-state index < -0.39 is 0 Å². The highest BCUT2D eigenvalue weighted by atomic mass is 15.1. The van der Waals surface area contributed by atoms with Gasteiger partial charge in [-0.05, 0) is 50.6 Å². The molecule has 0 aromatic heterocycles. The standard InChI is InChI=1S/C15H32N2/c1-5-8-17(6-2)9-7-16-15-11-13(3)10-14(4)12-15/h13-16H,5-12H2,1-4H3. The van der Waals surface area contributed by atoms with Crippen LogP contribution in [0.4, 0.5) is 0 Å². The Morgan fingerprint density at radius 3 is 2.18 bits per heavy atom. The zero-order valence-corrected chi connectivity index (χ0v) is 12.3. The van der Waals surface area contributed by atoms with Gasteiger partial charge in [0, 0.05) is 19.1 Å². The number of hydrogen-bond donors (Lipinski definition) is 1. The van der Waals surface area contributed by atoms with Gasteiger partial charge in [0.25, 0.3) is 0 Å². The molecule has 1 aliphatic rings. The van der Waals surface area contributed by atoms with Crippen LogP contribution in [0.1, 0.15) is 53.4 Å². The van der Waals surface area contributed by atoms with Gasteiger partial charge < -0.3 is 10.2 Å². The molecule has 17 heavy (non-hydrogen) atoms. The first-order chi connectivity index (χ1) is 8.15. The van der Waals surface area contributed by atoms with Crippen molar-refractivity contribution in [1.82, 2.24) is 10.2 Å². The Kier molecular flexibility index (Phi) is 7.14. The summed E-state index contributed by atoms with van der Waals surface area (Å²) < 4.78 is 0. The van der Waals surface area contributed by atoms with Crippen LogP contribution in [0.25, 0.3) is 0 Å². The molecule has 0 amide bonds. The van der Waals surface area contributed by atoms with Gasteiger partial charge in [0.2, 0.25) is 0 Å². The van der Waals surface area contributed by atoms with E-state index in [1.807, 2.05) is 0 Å². The van der Waals surface area contributed by atoms with Crippen molar-refractivity contribution in [2.24, 2.45) is 11.8 Å². The highest BCUT2D eigenvalue weighted by Gasteiger charge is 2.23. The van der Waals surface area contributed by atoms with E-state index in [2.05, 4.69) is 37.9 Å². The molecule has 0 bridgehead atoms. The van der Waals surface area contributed by atoms with Crippen molar-refractivity contribution in [2.75, 3.05) is 26.2 Å². The number of rotatable bonds is 7. The number of likely N-dealkylation sites (N-methyl/N-ethyl adjacent to an activating group) is 1. The van der Waals surface area contributed by atoms with E-state index in [0.29, 0.717) is 0 Å². The third-order valence-corrected chi connectivity index (χ3v) is 4.03. The molecule has 0 aromatic rings. The summed E-state index contributed by atoms with van der Waals surface area (Å²) in [5.74, 6) is 1.82. The minimum absolute atomic E-state index is 0.772. The van der Waals surface area contributed by atoms with Crippen LogP contribution in [0.5, 0.6) is 0 Å². The van der Waals surface area contributed by atoms with Crippen molar-refractivity contribution in [2.45, 2.75) is 59.4 Å². The fourth-order valence-corrected chi connectivity index (χ4v) is 3.28. The predicted octanol–water partition coefficient (Wildman–Crippen LogP) is 3.13. The zero-order valence-electron chi connectivity index (χ0n) is 12.3. The molecule has 2 unspecified atom stereocenters. The summed E-state index contributed by atoms with van der Waals surface area (Å²) in [6, 6.07) is 0.772. The lowest BCUT2D eigenvalue weighted by atomic mass is 9.80. The molecule has 1 fully saturated rings. The molecular weight excluding hydrogens is 208 g/mol. The van der Waals surface area contributed by atoms with Crippen LogP contribution in [0.15, 0.2) is 0 Å². The van der Waals surface area contributed by atoms with Gasteiger partial charge in [-0.25, -0.2) is 0 Å². The van der Waals surface area contributed by atoms with Gasteiger partial charge >= 0.3 is 0 Å². The third-order valence-electron chi connectivity index (χ3n) is 4.03. The smallest absolute Gasteiger partial charge is 0.0107 e. The van der Waals surface area contributed by atoms with E-state index in [9.17, 15) is 0 Å². The van der Waals surface area contributed by atoms with Gasteiger partial charge in [-0.1, -0.05) is 27.7 Å². The summed E-state index contributed by atoms with van der Waals surface area (Å²) in [5.41, 5.74) is 0. The zero-order chi connectivity index (χ0) is 12.7. The molecule has 102 valence electrons. The molecule has 0 saturated heterocycles. The second-order valence-corrected chi connectivity index (χ2v) is 6.00. The number of nitrogens with zero attached hydrogens (tertiary/aromatic N) is 1. The van der Waals surface area contributed by atoms with Gasteiger partial charge in [-0.3, -0.25) is 0 Å². The number of hydrogen-bond acceptors (Lipinski definition) is 2. The maximum atomic E-state index is 3.76.